The number of ether oxygens (including phenoxy) is 2. The predicted molar refractivity (Wildman–Crippen MR) is 111 cm³/mol. The van der Waals surface area contributed by atoms with Gasteiger partial charge >= 0.3 is 0 Å². The summed E-state index contributed by atoms with van der Waals surface area (Å²) in [5.74, 6) is 2.41. The van der Waals surface area contributed by atoms with Crippen molar-refractivity contribution < 1.29 is 18.7 Å². The third kappa shape index (κ3) is 3.66. The van der Waals surface area contributed by atoms with E-state index in [1.165, 1.54) is 0 Å². The second kappa shape index (κ2) is 8.08. The highest BCUT2D eigenvalue weighted by molar-refractivity contribution is 7.13. The van der Waals surface area contributed by atoms with Crippen LogP contribution in [0.1, 0.15) is 18.9 Å². The molecule has 1 saturated heterocycles. The maximum absolute atomic E-state index is 12.9. The Morgan fingerprint density at radius 2 is 1.90 bits per heavy atom. The molecule has 0 N–H and O–H groups in total. The van der Waals surface area contributed by atoms with Crippen molar-refractivity contribution >= 4 is 17.2 Å². The minimum Gasteiger partial charge on any atom is -0.485 e. The van der Waals surface area contributed by atoms with Crippen LogP contribution in [0.5, 0.6) is 11.5 Å². The van der Waals surface area contributed by atoms with Crippen LogP contribution in [0.15, 0.2) is 46.2 Å². The SMILES string of the molecule is C[C@H](c1nnc(-c2cccs2)o1)N1CCN(C(=O)[C@H]2COc3ccccc3O2)CC1. The summed E-state index contributed by atoms with van der Waals surface area (Å²) in [5.41, 5.74) is 0. The number of nitrogens with zero attached hydrogens (tertiary/aromatic N) is 4. The Labute approximate surface area is 178 Å². The standard InChI is InChI=1S/C21H22N4O4S/c1-14(19-22-23-20(29-19)18-7-4-12-30-18)24-8-10-25(11-9-24)21(26)17-13-27-15-5-2-3-6-16(15)28-17/h2-7,12,14,17H,8-11,13H2,1H3/t14-,17-/m1/s1. The second-order valence-corrected chi connectivity index (χ2v) is 8.27. The smallest absolute Gasteiger partial charge is 0.267 e. The molecule has 0 spiro atoms. The van der Waals surface area contributed by atoms with Crippen molar-refractivity contribution in [3.05, 3.63) is 47.7 Å². The zero-order chi connectivity index (χ0) is 20.5. The largest absolute Gasteiger partial charge is 0.485 e. The van der Waals surface area contributed by atoms with Crippen LogP contribution >= 0.6 is 11.3 Å². The molecule has 8 nitrogen and oxygen atoms in total. The van der Waals surface area contributed by atoms with Gasteiger partial charge in [0.2, 0.25) is 12.0 Å². The maximum atomic E-state index is 12.9. The number of amides is 1. The number of carbonyl (C=O) groups is 1. The lowest BCUT2D eigenvalue weighted by molar-refractivity contribution is -0.143. The van der Waals surface area contributed by atoms with Gasteiger partial charge in [-0.15, -0.1) is 21.5 Å². The summed E-state index contributed by atoms with van der Waals surface area (Å²) in [6.07, 6.45) is -0.604. The Balaban J connectivity index is 1.18. The van der Waals surface area contributed by atoms with E-state index in [9.17, 15) is 4.79 Å². The molecule has 0 bridgehead atoms. The molecule has 156 valence electrons. The summed E-state index contributed by atoms with van der Waals surface area (Å²) in [7, 11) is 0. The van der Waals surface area contributed by atoms with Crippen molar-refractivity contribution in [2.75, 3.05) is 32.8 Å². The Hall–Kier alpha value is -2.91. The molecule has 2 atom stereocenters. The molecule has 9 heteroatoms. The minimum atomic E-state index is -0.604. The van der Waals surface area contributed by atoms with E-state index in [1.54, 1.807) is 11.3 Å². The van der Waals surface area contributed by atoms with Crippen LogP contribution in [0, 0.1) is 0 Å². The minimum absolute atomic E-state index is 0.00962. The van der Waals surface area contributed by atoms with Crippen molar-refractivity contribution in [2.24, 2.45) is 0 Å². The maximum Gasteiger partial charge on any atom is 0.267 e. The molecule has 3 aromatic rings. The number of fused-ring (bicyclic) bond motifs is 1. The average Bonchev–Trinajstić information content (AvgIpc) is 3.50. The topological polar surface area (TPSA) is 80.9 Å². The van der Waals surface area contributed by atoms with Crippen molar-refractivity contribution in [3.63, 3.8) is 0 Å². The number of carbonyl (C=O) groups excluding carboxylic acids is 1. The van der Waals surface area contributed by atoms with Gasteiger partial charge in [0.15, 0.2) is 11.5 Å². The number of hydrogen-bond donors (Lipinski definition) is 0. The first kappa shape index (κ1) is 19.1. The van der Waals surface area contributed by atoms with Gasteiger partial charge in [-0.05, 0) is 30.5 Å². The summed E-state index contributed by atoms with van der Waals surface area (Å²) in [4.78, 5) is 18.0. The fourth-order valence-electron chi connectivity index (χ4n) is 3.73. The van der Waals surface area contributed by atoms with E-state index in [4.69, 9.17) is 13.9 Å². The normalized spacial score (nSPS) is 20.2. The first-order chi connectivity index (χ1) is 14.7. The van der Waals surface area contributed by atoms with Crippen molar-refractivity contribution in [1.29, 1.82) is 0 Å². The highest BCUT2D eigenvalue weighted by atomic mass is 32.1. The molecule has 0 saturated carbocycles. The first-order valence-electron chi connectivity index (χ1n) is 9.97. The predicted octanol–water partition coefficient (Wildman–Crippen LogP) is 2.84. The van der Waals surface area contributed by atoms with E-state index in [2.05, 4.69) is 22.0 Å². The molecule has 5 rings (SSSR count). The Kier molecular flexibility index (Phi) is 5.14. The molecule has 1 fully saturated rings. The Morgan fingerprint density at radius 1 is 1.10 bits per heavy atom. The summed E-state index contributed by atoms with van der Waals surface area (Å²) < 4.78 is 17.4. The van der Waals surface area contributed by atoms with Crippen LogP contribution in [0.4, 0.5) is 0 Å². The number of thiophene rings is 1. The summed E-state index contributed by atoms with van der Waals surface area (Å²) in [6, 6.07) is 11.3. The first-order valence-corrected chi connectivity index (χ1v) is 10.9. The molecule has 4 heterocycles. The number of hydrogen-bond acceptors (Lipinski definition) is 8. The molecule has 30 heavy (non-hydrogen) atoms. The van der Waals surface area contributed by atoms with Crippen LogP contribution < -0.4 is 9.47 Å². The number of rotatable bonds is 4. The van der Waals surface area contributed by atoms with E-state index in [-0.39, 0.29) is 18.6 Å². The van der Waals surface area contributed by atoms with Gasteiger partial charge in [-0.25, -0.2) is 0 Å². The molecule has 0 aliphatic carbocycles. The molecular formula is C21H22N4O4S. The van der Waals surface area contributed by atoms with Crippen LogP contribution in [0.2, 0.25) is 0 Å². The number of benzene rings is 1. The van der Waals surface area contributed by atoms with Crippen LogP contribution in [-0.4, -0.2) is 64.8 Å². The lowest BCUT2D eigenvalue weighted by atomic mass is 10.2. The lowest BCUT2D eigenvalue weighted by Crippen LogP contribution is -2.54. The third-order valence-corrected chi connectivity index (χ3v) is 6.35. The molecule has 1 amide bonds. The van der Waals surface area contributed by atoms with Gasteiger partial charge in [0.1, 0.15) is 6.61 Å². The van der Waals surface area contributed by atoms with Gasteiger partial charge in [-0.3, -0.25) is 9.69 Å². The summed E-state index contributed by atoms with van der Waals surface area (Å²) in [6.45, 7) is 4.99. The number of piperazine rings is 1. The van der Waals surface area contributed by atoms with Crippen molar-refractivity contribution in [3.8, 4) is 22.3 Å². The fourth-order valence-corrected chi connectivity index (χ4v) is 4.38. The monoisotopic (exact) mass is 426 g/mol. The molecule has 2 aromatic heterocycles. The zero-order valence-corrected chi connectivity index (χ0v) is 17.4. The van der Waals surface area contributed by atoms with Gasteiger partial charge in [-0.1, -0.05) is 18.2 Å². The molecule has 2 aliphatic rings. The van der Waals surface area contributed by atoms with E-state index in [0.29, 0.717) is 36.4 Å². The van der Waals surface area contributed by atoms with Crippen molar-refractivity contribution in [1.82, 2.24) is 20.0 Å². The Morgan fingerprint density at radius 3 is 2.67 bits per heavy atom. The fraction of sp³-hybridized carbons (Fsp3) is 0.381. The van der Waals surface area contributed by atoms with Crippen molar-refractivity contribution in [2.45, 2.75) is 19.1 Å². The highest BCUT2D eigenvalue weighted by Gasteiger charge is 2.34. The molecule has 1 aromatic carbocycles. The van der Waals surface area contributed by atoms with Gasteiger partial charge in [0.25, 0.3) is 11.8 Å². The van der Waals surface area contributed by atoms with Crippen LogP contribution in [0.3, 0.4) is 0 Å². The number of aromatic nitrogens is 2. The molecule has 0 unspecified atom stereocenters. The Bertz CT molecular complexity index is 1010. The molecular weight excluding hydrogens is 404 g/mol. The molecule has 0 radical (unpaired) electrons. The van der Waals surface area contributed by atoms with Gasteiger partial charge < -0.3 is 18.8 Å². The molecule has 2 aliphatic heterocycles. The lowest BCUT2D eigenvalue weighted by Gasteiger charge is -2.38. The number of para-hydroxylation sites is 2. The van der Waals surface area contributed by atoms with E-state index in [1.807, 2.05) is 46.7 Å². The van der Waals surface area contributed by atoms with Gasteiger partial charge in [-0.2, -0.15) is 0 Å². The summed E-state index contributed by atoms with van der Waals surface area (Å²) >= 11 is 1.57. The third-order valence-electron chi connectivity index (χ3n) is 5.49. The zero-order valence-electron chi connectivity index (χ0n) is 16.6. The quantitative estimate of drug-likeness (QED) is 0.635. The van der Waals surface area contributed by atoms with Crippen LogP contribution in [0.25, 0.3) is 10.8 Å². The van der Waals surface area contributed by atoms with E-state index < -0.39 is 6.10 Å². The van der Waals surface area contributed by atoms with Crippen LogP contribution in [-0.2, 0) is 4.79 Å². The van der Waals surface area contributed by atoms with E-state index >= 15 is 0 Å². The second-order valence-electron chi connectivity index (χ2n) is 7.32. The average molecular weight is 426 g/mol. The summed E-state index contributed by atoms with van der Waals surface area (Å²) in [5, 5.41) is 10.4. The van der Waals surface area contributed by atoms with Gasteiger partial charge in [0, 0.05) is 26.2 Å². The van der Waals surface area contributed by atoms with E-state index in [0.717, 1.165) is 18.0 Å². The van der Waals surface area contributed by atoms with Gasteiger partial charge in [0.05, 0.1) is 10.9 Å². The highest BCUT2D eigenvalue weighted by Crippen LogP contribution is 2.32.